The normalized spacial score (nSPS) is 25.4. The molecule has 1 aliphatic carbocycles. The number of morpholine rings is 1. The van der Waals surface area contributed by atoms with E-state index in [2.05, 4.69) is 0 Å². The zero-order valence-corrected chi connectivity index (χ0v) is 14.4. The van der Waals surface area contributed by atoms with Crippen molar-refractivity contribution in [1.29, 1.82) is 0 Å². The number of cyclic esters (lactones) is 1. The number of carbonyl (C=O) groups is 2. The lowest BCUT2D eigenvalue weighted by Crippen LogP contribution is -2.54. The first-order valence-corrected chi connectivity index (χ1v) is 9.07. The largest absolute Gasteiger partial charge is 0.447 e. The summed E-state index contributed by atoms with van der Waals surface area (Å²) < 4.78 is 11.2. The molecule has 1 aromatic rings. The van der Waals surface area contributed by atoms with Gasteiger partial charge in [-0.25, -0.2) is 4.79 Å². The summed E-state index contributed by atoms with van der Waals surface area (Å²) in [4.78, 5) is 28.4. The quantitative estimate of drug-likeness (QED) is 0.845. The molecular weight excluding hydrogens is 320 g/mol. The van der Waals surface area contributed by atoms with Crippen molar-refractivity contribution >= 4 is 12.0 Å². The molecule has 134 valence electrons. The molecule has 1 atom stereocenters. The van der Waals surface area contributed by atoms with E-state index in [0.717, 1.165) is 31.2 Å². The van der Waals surface area contributed by atoms with E-state index in [1.807, 2.05) is 35.2 Å². The Kier molecular flexibility index (Phi) is 4.37. The van der Waals surface area contributed by atoms with Gasteiger partial charge in [0.05, 0.1) is 18.2 Å². The zero-order valence-electron chi connectivity index (χ0n) is 14.4. The van der Waals surface area contributed by atoms with E-state index < -0.39 is 6.09 Å². The highest BCUT2D eigenvalue weighted by atomic mass is 16.6. The number of nitrogens with zero attached hydrogens (tertiary/aromatic N) is 2. The van der Waals surface area contributed by atoms with Gasteiger partial charge < -0.3 is 14.4 Å². The summed E-state index contributed by atoms with van der Waals surface area (Å²) in [6.45, 7) is 2.18. The fourth-order valence-corrected chi connectivity index (χ4v) is 4.20. The molecule has 4 rings (SSSR count). The molecule has 6 nitrogen and oxygen atoms in total. The average molecular weight is 344 g/mol. The van der Waals surface area contributed by atoms with E-state index in [-0.39, 0.29) is 24.1 Å². The van der Waals surface area contributed by atoms with Crippen LogP contribution in [0.4, 0.5) is 4.79 Å². The van der Waals surface area contributed by atoms with Gasteiger partial charge in [0, 0.05) is 13.1 Å². The molecule has 1 unspecified atom stereocenters. The van der Waals surface area contributed by atoms with E-state index in [4.69, 9.17) is 9.47 Å². The molecule has 6 heteroatoms. The third kappa shape index (κ3) is 3.23. The van der Waals surface area contributed by atoms with Crippen LogP contribution in [0.2, 0.25) is 0 Å². The molecule has 0 aromatic heterocycles. The third-order valence-corrected chi connectivity index (χ3v) is 5.58. The van der Waals surface area contributed by atoms with Gasteiger partial charge in [0.2, 0.25) is 5.91 Å². The average Bonchev–Trinajstić information content (AvgIpc) is 3.23. The Bertz CT molecular complexity index is 642. The summed E-state index contributed by atoms with van der Waals surface area (Å²) in [5.41, 5.74) is 0.841. The second kappa shape index (κ2) is 6.67. The Labute approximate surface area is 147 Å². The van der Waals surface area contributed by atoms with Crippen LogP contribution in [0.15, 0.2) is 30.3 Å². The molecule has 1 saturated carbocycles. The number of hydrogen-bond donors (Lipinski definition) is 0. The fraction of sp³-hybridized carbons (Fsp3) is 0.579. The van der Waals surface area contributed by atoms with Crippen LogP contribution in [0.3, 0.4) is 0 Å². The molecule has 1 aromatic carbocycles. The summed E-state index contributed by atoms with van der Waals surface area (Å²) in [6, 6.07) is 9.54. The maximum absolute atomic E-state index is 12.8. The molecule has 25 heavy (non-hydrogen) atoms. The van der Waals surface area contributed by atoms with Crippen molar-refractivity contribution in [3.05, 3.63) is 35.9 Å². The molecule has 3 fully saturated rings. The number of ether oxygens (including phenoxy) is 2. The maximum Gasteiger partial charge on any atom is 0.410 e. The van der Waals surface area contributed by atoms with Crippen molar-refractivity contribution in [1.82, 2.24) is 9.80 Å². The van der Waals surface area contributed by atoms with Crippen LogP contribution >= 0.6 is 0 Å². The molecule has 0 bridgehead atoms. The van der Waals surface area contributed by atoms with E-state index in [1.54, 1.807) is 4.90 Å². The minimum atomic E-state index is -0.411. The first-order valence-electron chi connectivity index (χ1n) is 9.07. The highest BCUT2D eigenvalue weighted by Gasteiger charge is 2.42. The van der Waals surface area contributed by atoms with Gasteiger partial charge in [-0.1, -0.05) is 43.2 Å². The SMILES string of the molecule is O=C(CN1C(=O)OCC1c1ccccc1)N1CCOC2(CCCC2)C1. The van der Waals surface area contributed by atoms with Gasteiger partial charge in [-0.2, -0.15) is 0 Å². The van der Waals surface area contributed by atoms with Crippen LogP contribution in [-0.4, -0.2) is 60.2 Å². The van der Waals surface area contributed by atoms with Crippen molar-refractivity contribution in [3.8, 4) is 0 Å². The van der Waals surface area contributed by atoms with Gasteiger partial charge >= 0.3 is 6.09 Å². The highest BCUT2D eigenvalue weighted by Crippen LogP contribution is 2.36. The topological polar surface area (TPSA) is 59.1 Å². The molecule has 2 aliphatic heterocycles. The van der Waals surface area contributed by atoms with E-state index in [0.29, 0.717) is 26.3 Å². The minimum Gasteiger partial charge on any atom is -0.447 e. The highest BCUT2D eigenvalue weighted by molar-refractivity contribution is 5.83. The Balaban J connectivity index is 1.44. The van der Waals surface area contributed by atoms with Gasteiger partial charge in [-0.15, -0.1) is 0 Å². The van der Waals surface area contributed by atoms with Crippen molar-refractivity contribution < 1.29 is 19.1 Å². The van der Waals surface area contributed by atoms with Crippen LogP contribution in [0.1, 0.15) is 37.3 Å². The second-order valence-corrected chi connectivity index (χ2v) is 7.19. The number of benzene rings is 1. The van der Waals surface area contributed by atoms with E-state index in [1.165, 1.54) is 0 Å². The molecule has 2 amide bonds. The molecule has 2 saturated heterocycles. The molecule has 2 heterocycles. The standard InChI is InChI=1S/C19H24N2O4/c22-17(20-10-11-25-19(14-20)8-4-5-9-19)12-21-16(13-24-18(21)23)15-6-2-1-3-7-15/h1-3,6-7,16H,4-5,8-14H2. The van der Waals surface area contributed by atoms with Gasteiger partial charge in [0.25, 0.3) is 0 Å². The number of hydrogen-bond acceptors (Lipinski definition) is 4. The smallest absolute Gasteiger partial charge is 0.410 e. The Hall–Kier alpha value is -2.08. The Morgan fingerprint density at radius 3 is 2.72 bits per heavy atom. The minimum absolute atomic E-state index is 0.0191. The van der Waals surface area contributed by atoms with Gasteiger partial charge in [-0.3, -0.25) is 9.69 Å². The molecular formula is C19H24N2O4. The van der Waals surface area contributed by atoms with Crippen molar-refractivity contribution in [3.63, 3.8) is 0 Å². The lowest BCUT2D eigenvalue weighted by molar-refractivity contribution is -0.150. The van der Waals surface area contributed by atoms with Crippen LogP contribution in [0.25, 0.3) is 0 Å². The van der Waals surface area contributed by atoms with Crippen LogP contribution in [-0.2, 0) is 14.3 Å². The summed E-state index contributed by atoms with van der Waals surface area (Å²) in [7, 11) is 0. The first-order chi connectivity index (χ1) is 12.2. The summed E-state index contributed by atoms with van der Waals surface area (Å²) in [5.74, 6) is -0.0191. The van der Waals surface area contributed by atoms with Gasteiger partial charge in [-0.05, 0) is 18.4 Å². The number of rotatable bonds is 3. The number of carbonyl (C=O) groups excluding carboxylic acids is 2. The van der Waals surface area contributed by atoms with Crippen molar-refractivity contribution in [2.75, 3.05) is 32.8 Å². The van der Waals surface area contributed by atoms with Crippen LogP contribution < -0.4 is 0 Å². The molecule has 0 N–H and O–H groups in total. The van der Waals surface area contributed by atoms with E-state index >= 15 is 0 Å². The molecule has 1 spiro atoms. The maximum atomic E-state index is 12.8. The zero-order chi connectivity index (χ0) is 17.3. The lowest BCUT2D eigenvalue weighted by atomic mass is 9.99. The van der Waals surface area contributed by atoms with Gasteiger partial charge in [0.1, 0.15) is 13.2 Å². The second-order valence-electron chi connectivity index (χ2n) is 7.19. The van der Waals surface area contributed by atoms with Crippen LogP contribution in [0.5, 0.6) is 0 Å². The van der Waals surface area contributed by atoms with Crippen molar-refractivity contribution in [2.24, 2.45) is 0 Å². The number of amides is 2. The summed E-state index contributed by atoms with van der Waals surface area (Å²) in [6.07, 6.45) is 3.96. The first kappa shape index (κ1) is 16.4. The predicted molar refractivity (Wildman–Crippen MR) is 91.0 cm³/mol. The summed E-state index contributed by atoms with van der Waals surface area (Å²) >= 11 is 0. The molecule has 3 aliphatic rings. The van der Waals surface area contributed by atoms with Crippen LogP contribution in [0, 0.1) is 0 Å². The Morgan fingerprint density at radius 1 is 1.20 bits per heavy atom. The predicted octanol–water partition coefficient (Wildman–Crippen LogP) is 2.35. The Morgan fingerprint density at radius 2 is 1.96 bits per heavy atom. The summed E-state index contributed by atoms with van der Waals surface area (Å²) in [5, 5.41) is 0. The van der Waals surface area contributed by atoms with Gasteiger partial charge in [0.15, 0.2) is 0 Å². The monoisotopic (exact) mass is 344 g/mol. The fourth-order valence-electron chi connectivity index (χ4n) is 4.20. The lowest BCUT2D eigenvalue weighted by Gasteiger charge is -2.41. The third-order valence-electron chi connectivity index (χ3n) is 5.58. The van der Waals surface area contributed by atoms with E-state index in [9.17, 15) is 9.59 Å². The van der Waals surface area contributed by atoms with Crippen molar-refractivity contribution in [2.45, 2.75) is 37.3 Å². The molecule has 0 radical (unpaired) electrons.